The second-order valence-corrected chi connectivity index (χ2v) is 4.83. The third-order valence-corrected chi connectivity index (χ3v) is 3.57. The third-order valence-electron chi connectivity index (χ3n) is 2.75. The van der Waals surface area contributed by atoms with Crippen molar-refractivity contribution in [2.45, 2.75) is 13.3 Å². The van der Waals surface area contributed by atoms with Crippen molar-refractivity contribution in [1.82, 2.24) is 0 Å². The Labute approximate surface area is 125 Å². The average molecular weight is 312 g/mol. The Morgan fingerprint density at radius 2 is 2.10 bits per heavy atom. The zero-order valence-corrected chi connectivity index (χ0v) is 12.1. The summed E-state index contributed by atoms with van der Waals surface area (Å²) in [5.74, 6) is 0.923. The summed E-state index contributed by atoms with van der Waals surface area (Å²) in [6.07, 6.45) is 1.73. The first-order chi connectivity index (χ1) is 9.52. The van der Waals surface area contributed by atoms with E-state index in [-0.39, 0.29) is 5.70 Å². The van der Waals surface area contributed by atoms with Crippen LogP contribution in [0.25, 0.3) is 17.4 Å². The fourth-order valence-electron chi connectivity index (χ4n) is 1.72. The van der Waals surface area contributed by atoms with Crippen molar-refractivity contribution < 1.29 is 9.34 Å². The predicted molar refractivity (Wildman–Crippen MR) is 79.4 cm³/mol. The maximum Gasteiger partial charge on any atom is 0.249 e. The van der Waals surface area contributed by atoms with E-state index in [1.165, 1.54) is 6.08 Å². The third kappa shape index (κ3) is 3.03. The summed E-state index contributed by atoms with van der Waals surface area (Å²) in [6.45, 7) is 1.71. The molecule has 1 heterocycles. The molecule has 0 bridgehead atoms. The van der Waals surface area contributed by atoms with Crippen LogP contribution in [-0.4, -0.2) is 4.92 Å². The highest BCUT2D eigenvalue weighted by molar-refractivity contribution is 6.43. The second-order valence-electron chi connectivity index (χ2n) is 4.05. The van der Waals surface area contributed by atoms with E-state index in [0.717, 1.165) is 0 Å². The highest BCUT2D eigenvalue weighted by atomic mass is 35.5. The number of hydrogen-bond acceptors (Lipinski definition) is 3. The Kier molecular flexibility index (Phi) is 4.47. The molecule has 0 spiro atoms. The molecule has 0 saturated heterocycles. The van der Waals surface area contributed by atoms with Crippen LogP contribution in [-0.2, 0) is 0 Å². The lowest BCUT2D eigenvalue weighted by molar-refractivity contribution is -0.425. The first kappa shape index (κ1) is 14.6. The minimum Gasteiger partial charge on any atom is -0.456 e. The van der Waals surface area contributed by atoms with Crippen molar-refractivity contribution in [1.29, 1.82) is 0 Å². The molecule has 0 radical (unpaired) electrons. The first-order valence-electron chi connectivity index (χ1n) is 5.92. The number of allylic oxidation sites excluding steroid dienone is 1. The fraction of sp³-hybridized carbons (Fsp3) is 0.143. The van der Waals surface area contributed by atoms with Gasteiger partial charge < -0.3 is 4.42 Å². The van der Waals surface area contributed by atoms with Gasteiger partial charge in [-0.3, -0.25) is 10.1 Å². The molecule has 0 aliphatic rings. The van der Waals surface area contributed by atoms with Crippen molar-refractivity contribution in [3.63, 3.8) is 0 Å². The van der Waals surface area contributed by atoms with Crippen LogP contribution in [0.3, 0.4) is 0 Å². The monoisotopic (exact) mass is 311 g/mol. The largest absolute Gasteiger partial charge is 0.456 e. The summed E-state index contributed by atoms with van der Waals surface area (Å²) in [6, 6.07) is 8.58. The van der Waals surface area contributed by atoms with E-state index in [0.29, 0.717) is 33.6 Å². The first-order valence-corrected chi connectivity index (χ1v) is 6.67. The Hall–Kier alpha value is -1.78. The molecule has 2 rings (SSSR count). The van der Waals surface area contributed by atoms with Gasteiger partial charge in [0.1, 0.15) is 11.5 Å². The van der Waals surface area contributed by atoms with Crippen molar-refractivity contribution in [2.75, 3.05) is 0 Å². The Morgan fingerprint density at radius 1 is 1.35 bits per heavy atom. The summed E-state index contributed by atoms with van der Waals surface area (Å²) in [5.41, 5.74) is 0.737. The molecule has 0 fully saturated rings. The van der Waals surface area contributed by atoms with Crippen LogP contribution in [0.1, 0.15) is 19.1 Å². The molecule has 0 unspecified atom stereocenters. The quantitative estimate of drug-likeness (QED) is 0.570. The van der Waals surface area contributed by atoms with E-state index < -0.39 is 4.92 Å². The van der Waals surface area contributed by atoms with E-state index in [2.05, 4.69) is 0 Å². The highest BCUT2D eigenvalue weighted by Gasteiger charge is 2.13. The van der Waals surface area contributed by atoms with Crippen LogP contribution in [0.2, 0.25) is 10.0 Å². The van der Waals surface area contributed by atoms with Gasteiger partial charge in [0.05, 0.1) is 21.0 Å². The summed E-state index contributed by atoms with van der Waals surface area (Å²) in [5, 5.41) is 11.6. The standard InChI is InChI=1S/C14H11Cl2NO3/c1-2-9(17(18)19)8-10-6-7-13(20-10)11-4-3-5-12(15)14(11)16/h3-8H,2H2,1H3. The molecule has 2 aromatic rings. The molecular weight excluding hydrogens is 301 g/mol. The maximum absolute atomic E-state index is 10.8. The van der Waals surface area contributed by atoms with Gasteiger partial charge in [-0.05, 0) is 24.3 Å². The van der Waals surface area contributed by atoms with Crippen molar-refractivity contribution in [3.8, 4) is 11.3 Å². The molecule has 1 aromatic carbocycles. The summed E-state index contributed by atoms with van der Waals surface area (Å²) >= 11 is 12.0. The molecule has 0 aliphatic heterocycles. The van der Waals surface area contributed by atoms with E-state index in [1.807, 2.05) is 0 Å². The van der Waals surface area contributed by atoms with E-state index in [4.69, 9.17) is 27.6 Å². The number of nitrogens with zero attached hydrogens (tertiary/aromatic N) is 1. The van der Waals surface area contributed by atoms with Crippen LogP contribution in [0, 0.1) is 10.1 Å². The fourth-order valence-corrected chi connectivity index (χ4v) is 2.11. The van der Waals surface area contributed by atoms with Gasteiger partial charge in [-0.2, -0.15) is 0 Å². The minimum absolute atomic E-state index is 0.0862. The molecule has 1 aromatic heterocycles. The number of rotatable bonds is 4. The van der Waals surface area contributed by atoms with Gasteiger partial charge in [0, 0.05) is 12.0 Å². The van der Waals surface area contributed by atoms with Gasteiger partial charge in [-0.25, -0.2) is 0 Å². The number of halogens is 2. The zero-order valence-electron chi connectivity index (χ0n) is 10.6. The van der Waals surface area contributed by atoms with E-state index >= 15 is 0 Å². The summed E-state index contributed by atoms with van der Waals surface area (Å²) in [7, 11) is 0. The Balaban J connectivity index is 2.39. The minimum atomic E-state index is -0.422. The summed E-state index contributed by atoms with van der Waals surface area (Å²) in [4.78, 5) is 10.3. The van der Waals surface area contributed by atoms with Gasteiger partial charge in [0.15, 0.2) is 0 Å². The second kappa shape index (κ2) is 6.11. The Bertz CT molecular complexity index is 677. The lowest BCUT2D eigenvalue weighted by Crippen LogP contribution is -1.95. The van der Waals surface area contributed by atoms with Crippen molar-refractivity contribution >= 4 is 29.3 Å². The molecule has 0 amide bonds. The molecular formula is C14H11Cl2NO3. The number of hydrogen-bond donors (Lipinski definition) is 0. The molecule has 20 heavy (non-hydrogen) atoms. The molecule has 0 saturated carbocycles. The van der Waals surface area contributed by atoms with Crippen molar-refractivity contribution in [3.05, 3.63) is 61.9 Å². The Morgan fingerprint density at radius 3 is 2.75 bits per heavy atom. The normalized spacial score (nSPS) is 11.7. The highest BCUT2D eigenvalue weighted by Crippen LogP contribution is 2.34. The predicted octanol–water partition coefficient (Wildman–Crippen LogP) is 5.28. The van der Waals surface area contributed by atoms with Crippen LogP contribution in [0.4, 0.5) is 0 Å². The topological polar surface area (TPSA) is 56.3 Å². The van der Waals surface area contributed by atoms with E-state index in [1.54, 1.807) is 37.3 Å². The molecule has 0 aliphatic carbocycles. The number of benzene rings is 1. The lowest BCUT2D eigenvalue weighted by Gasteiger charge is -2.01. The number of furan rings is 1. The van der Waals surface area contributed by atoms with Gasteiger partial charge in [-0.1, -0.05) is 36.2 Å². The van der Waals surface area contributed by atoms with Crippen LogP contribution >= 0.6 is 23.2 Å². The lowest BCUT2D eigenvalue weighted by atomic mass is 10.2. The average Bonchev–Trinajstić information content (AvgIpc) is 2.87. The SMILES string of the molecule is CCC(=Cc1ccc(-c2cccc(Cl)c2Cl)o1)[N+](=O)[O-]. The molecule has 0 atom stereocenters. The molecule has 104 valence electrons. The molecule has 4 nitrogen and oxygen atoms in total. The zero-order chi connectivity index (χ0) is 14.7. The molecule has 6 heteroatoms. The maximum atomic E-state index is 10.8. The van der Waals surface area contributed by atoms with Gasteiger partial charge in [0.2, 0.25) is 5.70 Å². The van der Waals surface area contributed by atoms with Gasteiger partial charge in [-0.15, -0.1) is 0 Å². The smallest absolute Gasteiger partial charge is 0.249 e. The van der Waals surface area contributed by atoms with Gasteiger partial charge >= 0.3 is 0 Å². The van der Waals surface area contributed by atoms with Crippen LogP contribution in [0.15, 0.2) is 40.4 Å². The van der Waals surface area contributed by atoms with Gasteiger partial charge in [0.25, 0.3) is 0 Å². The van der Waals surface area contributed by atoms with E-state index in [9.17, 15) is 10.1 Å². The number of nitro groups is 1. The molecule has 0 N–H and O–H groups in total. The summed E-state index contributed by atoms with van der Waals surface area (Å²) < 4.78 is 5.56. The van der Waals surface area contributed by atoms with Crippen LogP contribution in [0.5, 0.6) is 0 Å². The van der Waals surface area contributed by atoms with Crippen LogP contribution < -0.4 is 0 Å². The van der Waals surface area contributed by atoms with Crippen molar-refractivity contribution in [2.24, 2.45) is 0 Å².